The van der Waals surface area contributed by atoms with Gasteiger partial charge >= 0.3 is 0 Å². The molecule has 1 aliphatic heterocycles. The molecule has 3 nitrogen and oxygen atoms in total. The van der Waals surface area contributed by atoms with Crippen LogP contribution >= 0.6 is 0 Å². The fraction of sp³-hybridized carbons (Fsp3) is 0.182. The summed E-state index contributed by atoms with van der Waals surface area (Å²) in [6.07, 6.45) is 0. The lowest BCUT2D eigenvalue weighted by Gasteiger charge is -2.33. The lowest BCUT2D eigenvalue weighted by Crippen LogP contribution is -2.45. The van der Waals surface area contributed by atoms with E-state index in [2.05, 4.69) is 40.6 Å². The molecule has 2 unspecified atom stereocenters. The van der Waals surface area contributed by atoms with Gasteiger partial charge in [0.05, 0.1) is 5.92 Å². The molecule has 25 heavy (non-hydrogen) atoms. The van der Waals surface area contributed by atoms with Gasteiger partial charge in [-0.05, 0) is 28.8 Å². The Morgan fingerprint density at radius 3 is 2.48 bits per heavy atom. The van der Waals surface area contributed by atoms with Gasteiger partial charge in [0.2, 0.25) is 5.91 Å². The third-order valence-corrected chi connectivity index (χ3v) is 4.85. The highest BCUT2D eigenvalue weighted by Crippen LogP contribution is 2.36. The van der Waals surface area contributed by atoms with E-state index in [-0.39, 0.29) is 17.9 Å². The van der Waals surface area contributed by atoms with Gasteiger partial charge in [0.25, 0.3) is 0 Å². The van der Waals surface area contributed by atoms with E-state index < -0.39 is 0 Å². The van der Waals surface area contributed by atoms with Gasteiger partial charge < -0.3 is 5.32 Å². The number of nitrogens with one attached hydrogen (secondary N) is 1. The summed E-state index contributed by atoms with van der Waals surface area (Å²) in [5, 5.41) is 5.42. The van der Waals surface area contributed by atoms with Crippen molar-refractivity contribution in [3.8, 4) is 0 Å². The van der Waals surface area contributed by atoms with Crippen molar-refractivity contribution in [3.05, 3.63) is 83.9 Å². The molecule has 0 fully saturated rings. The summed E-state index contributed by atoms with van der Waals surface area (Å²) < 4.78 is 0. The Labute approximate surface area is 147 Å². The number of hydrogen-bond donors (Lipinski definition) is 1. The zero-order valence-corrected chi connectivity index (χ0v) is 14.1. The number of aliphatic imine (C=N–C) groups is 1. The van der Waals surface area contributed by atoms with Crippen LogP contribution in [0.2, 0.25) is 0 Å². The molecule has 2 atom stereocenters. The quantitative estimate of drug-likeness (QED) is 0.770. The van der Waals surface area contributed by atoms with E-state index in [4.69, 9.17) is 0 Å². The zero-order valence-electron chi connectivity index (χ0n) is 14.1. The molecular formula is C22H20N2O. The summed E-state index contributed by atoms with van der Waals surface area (Å²) >= 11 is 0. The summed E-state index contributed by atoms with van der Waals surface area (Å²) in [6.45, 7) is 2.54. The minimum atomic E-state index is -0.338. The van der Waals surface area contributed by atoms with Gasteiger partial charge in [-0.1, -0.05) is 72.8 Å². The van der Waals surface area contributed by atoms with Gasteiger partial charge in [0.15, 0.2) is 0 Å². The van der Waals surface area contributed by atoms with Crippen LogP contribution in [0.3, 0.4) is 0 Å². The molecule has 124 valence electrons. The molecule has 4 rings (SSSR count). The van der Waals surface area contributed by atoms with E-state index in [0.717, 1.165) is 11.3 Å². The van der Waals surface area contributed by atoms with Crippen molar-refractivity contribution >= 4 is 22.4 Å². The molecule has 1 heterocycles. The van der Waals surface area contributed by atoms with Crippen LogP contribution in [-0.2, 0) is 11.3 Å². The van der Waals surface area contributed by atoms with Crippen LogP contribution in [0.4, 0.5) is 0 Å². The highest BCUT2D eigenvalue weighted by atomic mass is 16.2. The van der Waals surface area contributed by atoms with Gasteiger partial charge in [0, 0.05) is 12.3 Å². The molecule has 0 saturated carbocycles. The summed E-state index contributed by atoms with van der Waals surface area (Å²) in [4.78, 5) is 17.1. The first-order chi connectivity index (χ1) is 12.2. The molecule has 0 spiro atoms. The maximum Gasteiger partial charge on any atom is 0.246 e. The van der Waals surface area contributed by atoms with Crippen molar-refractivity contribution in [1.82, 2.24) is 5.32 Å². The average molecular weight is 328 g/mol. The normalized spacial score (nSPS) is 19.2. The standard InChI is InChI=1S/C22H20N2O/c1-15-20(19-13-7-11-17-10-5-6-12-18(17)19)21(24-15)22(25)23-14-16-8-3-2-4-9-16/h2-13,20-21H,14H2,1H3,(H,23,25). The molecule has 1 amide bonds. The fourth-order valence-corrected chi connectivity index (χ4v) is 3.54. The van der Waals surface area contributed by atoms with Gasteiger partial charge in [-0.2, -0.15) is 0 Å². The molecule has 0 bridgehead atoms. The molecular weight excluding hydrogens is 308 g/mol. The average Bonchev–Trinajstić information content (AvgIpc) is 2.65. The molecule has 0 radical (unpaired) electrons. The van der Waals surface area contributed by atoms with Crippen LogP contribution in [0.1, 0.15) is 24.0 Å². The maximum absolute atomic E-state index is 12.6. The zero-order chi connectivity index (χ0) is 17.2. The Hall–Kier alpha value is -2.94. The molecule has 3 heteroatoms. The van der Waals surface area contributed by atoms with Gasteiger partial charge in [-0.3, -0.25) is 9.79 Å². The van der Waals surface area contributed by atoms with Crippen molar-refractivity contribution < 1.29 is 4.79 Å². The third-order valence-electron chi connectivity index (χ3n) is 4.85. The Morgan fingerprint density at radius 2 is 1.68 bits per heavy atom. The number of hydrogen-bond acceptors (Lipinski definition) is 2. The number of benzene rings is 3. The summed E-state index contributed by atoms with van der Waals surface area (Å²) in [5.41, 5.74) is 3.30. The Bertz CT molecular complexity index is 941. The van der Waals surface area contributed by atoms with Crippen molar-refractivity contribution in [2.75, 3.05) is 0 Å². The number of carbonyl (C=O) groups is 1. The number of rotatable bonds is 4. The number of amides is 1. The van der Waals surface area contributed by atoms with Crippen molar-refractivity contribution in [1.29, 1.82) is 0 Å². The smallest absolute Gasteiger partial charge is 0.246 e. The fourth-order valence-electron chi connectivity index (χ4n) is 3.54. The van der Waals surface area contributed by atoms with Crippen LogP contribution in [0.5, 0.6) is 0 Å². The first kappa shape index (κ1) is 15.6. The second kappa shape index (κ2) is 6.52. The molecule has 0 aromatic heterocycles. The third kappa shape index (κ3) is 2.93. The molecule has 3 aromatic rings. The van der Waals surface area contributed by atoms with Crippen molar-refractivity contribution in [3.63, 3.8) is 0 Å². The van der Waals surface area contributed by atoms with Gasteiger partial charge in [-0.25, -0.2) is 0 Å². The predicted molar refractivity (Wildman–Crippen MR) is 102 cm³/mol. The van der Waals surface area contributed by atoms with Crippen LogP contribution in [-0.4, -0.2) is 17.7 Å². The number of fused-ring (bicyclic) bond motifs is 1. The Morgan fingerprint density at radius 1 is 0.960 bits per heavy atom. The lowest BCUT2D eigenvalue weighted by atomic mass is 9.80. The van der Waals surface area contributed by atoms with E-state index >= 15 is 0 Å². The molecule has 1 aliphatic rings. The minimum absolute atomic E-state index is 0.00705. The number of carbonyl (C=O) groups excluding carboxylic acids is 1. The van der Waals surface area contributed by atoms with E-state index in [0.29, 0.717) is 6.54 Å². The van der Waals surface area contributed by atoms with E-state index in [1.807, 2.05) is 49.4 Å². The van der Waals surface area contributed by atoms with Crippen LogP contribution in [0.25, 0.3) is 10.8 Å². The Balaban J connectivity index is 1.56. The summed E-state index contributed by atoms with van der Waals surface area (Å²) in [5.74, 6) is 0.0502. The highest BCUT2D eigenvalue weighted by molar-refractivity contribution is 6.06. The molecule has 3 aromatic carbocycles. The van der Waals surface area contributed by atoms with E-state index in [1.54, 1.807) is 0 Å². The first-order valence-corrected chi connectivity index (χ1v) is 8.57. The van der Waals surface area contributed by atoms with Crippen LogP contribution < -0.4 is 5.32 Å². The van der Waals surface area contributed by atoms with E-state index in [9.17, 15) is 4.79 Å². The highest BCUT2D eigenvalue weighted by Gasteiger charge is 2.39. The predicted octanol–water partition coefficient (Wildman–Crippen LogP) is 4.08. The molecule has 1 N–H and O–H groups in total. The van der Waals surface area contributed by atoms with Gasteiger partial charge in [-0.15, -0.1) is 0 Å². The first-order valence-electron chi connectivity index (χ1n) is 8.57. The Kier molecular flexibility index (Phi) is 4.06. The molecule has 0 saturated heterocycles. The number of nitrogens with zero attached hydrogens (tertiary/aromatic N) is 1. The largest absolute Gasteiger partial charge is 0.350 e. The lowest BCUT2D eigenvalue weighted by molar-refractivity contribution is -0.123. The van der Waals surface area contributed by atoms with Crippen molar-refractivity contribution in [2.45, 2.75) is 25.4 Å². The van der Waals surface area contributed by atoms with Gasteiger partial charge in [0.1, 0.15) is 6.04 Å². The summed E-state index contributed by atoms with van der Waals surface area (Å²) in [6, 6.07) is 24.2. The summed E-state index contributed by atoms with van der Waals surface area (Å²) in [7, 11) is 0. The maximum atomic E-state index is 12.6. The second-order valence-electron chi connectivity index (χ2n) is 6.46. The van der Waals surface area contributed by atoms with Crippen molar-refractivity contribution in [2.24, 2.45) is 4.99 Å². The topological polar surface area (TPSA) is 41.5 Å². The van der Waals surface area contributed by atoms with E-state index in [1.165, 1.54) is 16.3 Å². The SMILES string of the molecule is CC1=NC(C(=O)NCc2ccccc2)C1c1cccc2ccccc12. The minimum Gasteiger partial charge on any atom is -0.350 e. The van der Waals surface area contributed by atoms with Crippen LogP contribution in [0, 0.1) is 0 Å². The second-order valence-corrected chi connectivity index (χ2v) is 6.46. The van der Waals surface area contributed by atoms with Crippen LogP contribution in [0.15, 0.2) is 77.8 Å². The monoisotopic (exact) mass is 328 g/mol. The molecule has 0 aliphatic carbocycles.